The molecule has 0 bridgehead atoms. The van der Waals surface area contributed by atoms with Crippen LogP contribution < -0.4 is 9.47 Å². The zero-order chi connectivity index (χ0) is 24.7. The molecule has 4 rings (SSSR count). The van der Waals surface area contributed by atoms with Gasteiger partial charge in [0.05, 0.1) is 0 Å². The monoisotopic (exact) mass is 392 g/mol. The number of hydrogen-bond donors (Lipinski definition) is 1. The fourth-order valence-electron chi connectivity index (χ4n) is 3.81. The second-order valence-electron chi connectivity index (χ2n) is 6.74. The molecule has 0 fully saturated rings. The summed E-state index contributed by atoms with van der Waals surface area (Å²) in [4.78, 5) is 3.65. The second-order valence-corrected chi connectivity index (χ2v) is 6.74. The number of alkyl halides is 2. The summed E-state index contributed by atoms with van der Waals surface area (Å²) in [5.74, 6) is 0.690. The summed E-state index contributed by atoms with van der Waals surface area (Å²) >= 11 is 0. The molecule has 1 aliphatic carbocycles. The van der Waals surface area contributed by atoms with Crippen LogP contribution in [-0.4, -0.2) is 37.0 Å². The average Bonchev–Trinajstić information content (AvgIpc) is 3.31. The van der Waals surface area contributed by atoms with E-state index in [4.69, 9.17) is 13.0 Å². The summed E-state index contributed by atoms with van der Waals surface area (Å²) in [6, 6.07) is 10.4. The van der Waals surface area contributed by atoms with Crippen molar-refractivity contribution in [2.45, 2.75) is 32.0 Å². The van der Waals surface area contributed by atoms with E-state index in [2.05, 4.69) is 9.72 Å². The van der Waals surface area contributed by atoms with Gasteiger partial charge in [-0.3, -0.25) is 0 Å². The van der Waals surface area contributed by atoms with E-state index in [1.165, 1.54) is 6.07 Å². The quantitative estimate of drug-likeness (QED) is 0.619. The van der Waals surface area contributed by atoms with Crippen LogP contribution in [0.15, 0.2) is 42.6 Å². The first-order valence-corrected chi connectivity index (χ1v) is 9.05. The van der Waals surface area contributed by atoms with Crippen LogP contribution in [0, 0.1) is 0 Å². The van der Waals surface area contributed by atoms with Gasteiger partial charge in [-0.2, -0.15) is 8.78 Å². The number of nitrogens with zero attached hydrogens (tertiary/aromatic N) is 1. The highest BCUT2D eigenvalue weighted by molar-refractivity contribution is 5.89. The number of likely N-dealkylation sites (N-methyl/N-ethyl adjacent to an activating group) is 1. The van der Waals surface area contributed by atoms with Crippen molar-refractivity contribution < 1.29 is 26.5 Å². The molecule has 0 radical (unpaired) electrons. The van der Waals surface area contributed by atoms with E-state index in [1.54, 1.807) is 24.4 Å². The molecule has 0 aliphatic heterocycles. The lowest BCUT2D eigenvalue weighted by atomic mass is 10.1. The third-order valence-electron chi connectivity index (χ3n) is 5.01. The van der Waals surface area contributed by atoms with Crippen LogP contribution in [-0.2, 0) is 12.8 Å². The fraction of sp³-hybridized carbons (Fsp3) is 0.364. The van der Waals surface area contributed by atoms with Gasteiger partial charge in [-0.05, 0) is 62.5 Å². The van der Waals surface area contributed by atoms with Gasteiger partial charge in [-0.25, -0.2) is 0 Å². The van der Waals surface area contributed by atoms with Gasteiger partial charge < -0.3 is 19.4 Å². The summed E-state index contributed by atoms with van der Waals surface area (Å²) in [5, 5.41) is 0.729. The lowest BCUT2D eigenvalue weighted by Gasteiger charge is -2.17. The number of H-pyrrole nitrogens is 1. The molecule has 6 heteroatoms. The first-order chi connectivity index (χ1) is 15.9. The molecule has 1 unspecified atom stereocenters. The van der Waals surface area contributed by atoms with E-state index in [0.29, 0.717) is 29.1 Å². The molecule has 0 saturated heterocycles. The summed E-state index contributed by atoms with van der Waals surface area (Å²) in [7, 11) is 0. The second kappa shape index (κ2) is 7.80. The van der Waals surface area contributed by atoms with Crippen molar-refractivity contribution in [3.05, 3.63) is 59.3 Å². The van der Waals surface area contributed by atoms with E-state index < -0.39 is 20.6 Å². The number of fused-ring (bicyclic) bond motifs is 2. The van der Waals surface area contributed by atoms with Gasteiger partial charge in [-0.15, -0.1) is 0 Å². The normalized spacial score (nSPS) is 20.2. The number of ether oxygens (including phenoxy) is 2. The molecule has 1 atom stereocenters. The molecule has 4 nitrogen and oxygen atoms in total. The molecule has 1 heterocycles. The minimum Gasteiger partial charge on any atom is -0.485 e. The Morgan fingerprint density at radius 3 is 2.86 bits per heavy atom. The molecular formula is C22H24F2N2O2. The number of aromatic amines is 1. The van der Waals surface area contributed by atoms with Crippen molar-refractivity contribution >= 4 is 10.9 Å². The minimum absolute atomic E-state index is 0.147. The number of nitrogens with one attached hydrogen (secondary N) is 1. The summed E-state index contributed by atoms with van der Waals surface area (Å²) in [6.07, 6.45) is 2.63. The van der Waals surface area contributed by atoms with Crippen molar-refractivity contribution in [3.63, 3.8) is 0 Å². The first-order valence-electron chi connectivity index (χ1n) is 12.0. The third kappa shape index (κ3) is 3.69. The molecule has 0 amide bonds. The van der Waals surface area contributed by atoms with Crippen LogP contribution in [0.1, 0.15) is 37.4 Å². The van der Waals surface area contributed by atoms with E-state index in [-0.39, 0.29) is 24.8 Å². The summed E-state index contributed by atoms with van der Waals surface area (Å²) < 4.78 is 81.9. The van der Waals surface area contributed by atoms with E-state index >= 15 is 0 Å². The minimum atomic E-state index is -2.91. The van der Waals surface area contributed by atoms with Crippen molar-refractivity contribution in [2.24, 2.45) is 0 Å². The Hall–Kier alpha value is -2.60. The summed E-state index contributed by atoms with van der Waals surface area (Å²) in [5.41, 5.74) is 2.95. The molecule has 0 saturated carbocycles. The molecular weight excluding hydrogens is 362 g/mol. The Morgan fingerprint density at radius 1 is 1.21 bits per heavy atom. The van der Waals surface area contributed by atoms with Crippen LogP contribution >= 0.6 is 0 Å². The van der Waals surface area contributed by atoms with Crippen LogP contribution in [0.5, 0.6) is 11.5 Å². The van der Waals surface area contributed by atoms with Crippen LogP contribution in [0.3, 0.4) is 0 Å². The smallest absolute Gasteiger partial charge is 0.387 e. The van der Waals surface area contributed by atoms with Gasteiger partial charge in [0, 0.05) is 37.4 Å². The molecule has 1 aliphatic rings. The molecule has 1 aromatic heterocycles. The Balaban J connectivity index is 1.60. The highest BCUT2D eigenvalue weighted by atomic mass is 19.3. The largest absolute Gasteiger partial charge is 0.485 e. The predicted molar refractivity (Wildman–Crippen MR) is 105 cm³/mol. The molecule has 0 spiro atoms. The van der Waals surface area contributed by atoms with Gasteiger partial charge in [0.25, 0.3) is 0 Å². The zero-order valence-corrected chi connectivity index (χ0v) is 15.0. The molecule has 2 aromatic carbocycles. The topological polar surface area (TPSA) is 37.5 Å². The maximum atomic E-state index is 12.8. The van der Waals surface area contributed by atoms with E-state index in [1.807, 2.05) is 12.1 Å². The summed E-state index contributed by atoms with van der Waals surface area (Å²) in [6.45, 7) is -8.63. The van der Waals surface area contributed by atoms with Gasteiger partial charge in [-0.1, -0.05) is 18.2 Å². The fourth-order valence-corrected chi connectivity index (χ4v) is 3.81. The Morgan fingerprint density at radius 2 is 2.04 bits per heavy atom. The third-order valence-corrected chi connectivity index (χ3v) is 5.01. The molecule has 148 valence electrons. The van der Waals surface area contributed by atoms with Gasteiger partial charge >= 0.3 is 6.61 Å². The maximum absolute atomic E-state index is 12.8. The Kier molecular flexibility index (Phi) is 3.56. The number of halogens is 2. The van der Waals surface area contributed by atoms with Gasteiger partial charge in [0.2, 0.25) is 0 Å². The Labute approximate surface area is 171 Å². The predicted octanol–water partition coefficient (Wildman–Crippen LogP) is 4.94. The molecule has 1 N–H and O–H groups in total. The average molecular weight is 392 g/mol. The molecule has 3 aromatic rings. The van der Waals surface area contributed by atoms with Gasteiger partial charge in [0.1, 0.15) is 17.6 Å². The van der Waals surface area contributed by atoms with Crippen LogP contribution in [0.25, 0.3) is 10.9 Å². The Bertz CT molecular complexity index is 1150. The SMILES string of the molecule is [2H]C([2H])([2H])N(CCc1c[nH]c2cccc(OC3CCc4c(OC(F)F)cccc43)c12)C([2H])([2H])[2H]. The highest BCUT2D eigenvalue weighted by Crippen LogP contribution is 2.41. The van der Waals surface area contributed by atoms with Crippen molar-refractivity contribution in [1.29, 1.82) is 0 Å². The van der Waals surface area contributed by atoms with E-state index in [0.717, 1.165) is 22.0 Å². The number of aromatic nitrogens is 1. The van der Waals surface area contributed by atoms with Crippen molar-refractivity contribution in [2.75, 3.05) is 20.5 Å². The zero-order valence-electron chi connectivity index (χ0n) is 21.0. The number of rotatable bonds is 7. The van der Waals surface area contributed by atoms with Crippen LogP contribution in [0.2, 0.25) is 0 Å². The maximum Gasteiger partial charge on any atom is 0.387 e. The number of hydrogen-bond acceptors (Lipinski definition) is 3. The van der Waals surface area contributed by atoms with Crippen molar-refractivity contribution in [3.8, 4) is 11.5 Å². The lowest BCUT2D eigenvalue weighted by Crippen LogP contribution is -2.15. The highest BCUT2D eigenvalue weighted by Gasteiger charge is 2.28. The number of benzene rings is 2. The van der Waals surface area contributed by atoms with Gasteiger partial charge in [0.15, 0.2) is 0 Å². The van der Waals surface area contributed by atoms with Crippen LogP contribution in [0.4, 0.5) is 8.78 Å². The lowest BCUT2D eigenvalue weighted by molar-refractivity contribution is -0.0504. The standard InChI is InChI=1S/C22H24F2N2O2/c1-26(2)12-11-14-13-25-17-6-4-8-20(21(14)17)27-19-10-9-16-15(19)5-3-7-18(16)28-22(23)24/h3-8,13,19,22,25H,9-12H2,1-2H3/i1D3,2D3. The molecule has 28 heavy (non-hydrogen) atoms. The van der Waals surface area contributed by atoms with Crippen molar-refractivity contribution in [1.82, 2.24) is 9.88 Å². The first kappa shape index (κ1) is 12.8. The van der Waals surface area contributed by atoms with E-state index in [9.17, 15) is 8.78 Å².